The second-order valence-corrected chi connectivity index (χ2v) is 6.61. The number of nitrogens with one attached hydrogen (secondary N) is 1. The smallest absolute Gasteiger partial charge is 0.230 e. The van der Waals surface area contributed by atoms with E-state index >= 15 is 0 Å². The number of aliphatic hydroxyl groups excluding tert-OH is 1. The molecule has 0 bridgehead atoms. The number of hydrogen-bond donors (Lipinski definition) is 2. The molecule has 0 heterocycles. The van der Waals surface area contributed by atoms with E-state index in [1.54, 1.807) is 11.8 Å². The standard InChI is InChI=1S/C16H23NO2S/c18-13-16(8-4-5-9-16)12-17-15(19)11-20-10-14-6-2-1-3-7-14/h1-3,6-7,18H,4-5,8-13H2,(H,17,19). The maximum atomic E-state index is 11.8. The Morgan fingerprint density at radius 2 is 1.95 bits per heavy atom. The Bertz CT molecular complexity index is 416. The van der Waals surface area contributed by atoms with Crippen LogP contribution in [0.4, 0.5) is 0 Å². The predicted molar refractivity (Wildman–Crippen MR) is 83.6 cm³/mol. The predicted octanol–water partition coefficient (Wildman–Crippen LogP) is 2.59. The molecule has 1 aliphatic carbocycles. The highest BCUT2D eigenvalue weighted by Gasteiger charge is 2.33. The van der Waals surface area contributed by atoms with E-state index in [0.717, 1.165) is 18.6 Å². The number of rotatable bonds is 7. The zero-order valence-corrected chi connectivity index (χ0v) is 12.6. The molecule has 1 aromatic rings. The van der Waals surface area contributed by atoms with Crippen LogP contribution >= 0.6 is 11.8 Å². The largest absolute Gasteiger partial charge is 0.396 e. The number of aliphatic hydroxyl groups is 1. The van der Waals surface area contributed by atoms with Crippen LogP contribution in [-0.2, 0) is 10.5 Å². The van der Waals surface area contributed by atoms with Crippen LogP contribution in [0.5, 0.6) is 0 Å². The van der Waals surface area contributed by atoms with Crippen molar-refractivity contribution < 1.29 is 9.90 Å². The third-order valence-electron chi connectivity index (χ3n) is 4.00. The molecule has 4 heteroatoms. The summed E-state index contributed by atoms with van der Waals surface area (Å²) in [5.74, 6) is 1.42. The summed E-state index contributed by atoms with van der Waals surface area (Å²) in [6, 6.07) is 10.2. The number of carbonyl (C=O) groups excluding carboxylic acids is 1. The molecule has 0 aromatic heterocycles. The second kappa shape index (κ2) is 7.70. The van der Waals surface area contributed by atoms with E-state index in [1.165, 1.54) is 18.4 Å². The van der Waals surface area contributed by atoms with Crippen LogP contribution in [0.2, 0.25) is 0 Å². The minimum atomic E-state index is -0.0558. The topological polar surface area (TPSA) is 49.3 Å². The van der Waals surface area contributed by atoms with Gasteiger partial charge in [0.25, 0.3) is 0 Å². The summed E-state index contributed by atoms with van der Waals surface area (Å²) in [7, 11) is 0. The lowest BCUT2D eigenvalue weighted by molar-refractivity contribution is -0.119. The average Bonchev–Trinajstić information content (AvgIpc) is 2.96. The van der Waals surface area contributed by atoms with E-state index in [0.29, 0.717) is 12.3 Å². The summed E-state index contributed by atoms with van der Waals surface area (Å²) in [6.45, 7) is 0.804. The van der Waals surface area contributed by atoms with Gasteiger partial charge < -0.3 is 10.4 Å². The van der Waals surface area contributed by atoms with Crippen LogP contribution in [0.1, 0.15) is 31.2 Å². The van der Waals surface area contributed by atoms with Crippen LogP contribution in [0, 0.1) is 5.41 Å². The molecule has 3 nitrogen and oxygen atoms in total. The number of hydrogen-bond acceptors (Lipinski definition) is 3. The fraction of sp³-hybridized carbons (Fsp3) is 0.562. The van der Waals surface area contributed by atoms with Gasteiger partial charge in [-0.05, 0) is 18.4 Å². The molecule has 2 rings (SSSR count). The minimum absolute atomic E-state index is 0.0558. The number of carbonyl (C=O) groups is 1. The monoisotopic (exact) mass is 293 g/mol. The van der Waals surface area contributed by atoms with Crippen LogP contribution in [0.15, 0.2) is 30.3 Å². The van der Waals surface area contributed by atoms with E-state index in [1.807, 2.05) is 18.2 Å². The Hall–Kier alpha value is -1.00. The average molecular weight is 293 g/mol. The Balaban J connectivity index is 1.65. The molecular formula is C16H23NO2S. The lowest BCUT2D eigenvalue weighted by Gasteiger charge is -2.26. The number of amides is 1. The maximum absolute atomic E-state index is 11.8. The van der Waals surface area contributed by atoms with Crippen molar-refractivity contribution in [2.75, 3.05) is 18.9 Å². The van der Waals surface area contributed by atoms with Crippen molar-refractivity contribution in [2.24, 2.45) is 5.41 Å². The highest BCUT2D eigenvalue weighted by molar-refractivity contribution is 7.99. The summed E-state index contributed by atoms with van der Waals surface area (Å²) in [5, 5.41) is 12.5. The summed E-state index contributed by atoms with van der Waals surface area (Å²) in [6.07, 6.45) is 4.39. The van der Waals surface area contributed by atoms with Crippen LogP contribution < -0.4 is 5.32 Å². The lowest BCUT2D eigenvalue weighted by atomic mass is 9.87. The first-order valence-corrected chi connectivity index (χ1v) is 8.39. The molecule has 110 valence electrons. The van der Waals surface area contributed by atoms with Gasteiger partial charge in [0.05, 0.1) is 12.4 Å². The SMILES string of the molecule is O=C(CSCc1ccccc1)NCC1(CO)CCCC1. The van der Waals surface area contributed by atoms with Crippen LogP contribution in [-0.4, -0.2) is 29.9 Å². The van der Waals surface area contributed by atoms with Crippen LogP contribution in [0.3, 0.4) is 0 Å². The quantitative estimate of drug-likeness (QED) is 0.812. The van der Waals surface area contributed by atoms with Crippen molar-refractivity contribution >= 4 is 17.7 Å². The summed E-state index contributed by atoms with van der Waals surface area (Å²) < 4.78 is 0. The first-order chi connectivity index (χ1) is 9.74. The van der Waals surface area contributed by atoms with E-state index in [2.05, 4.69) is 17.4 Å². The van der Waals surface area contributed by atoms with Gasteiger partial charge in [0.2, 0.25) is 5.91 Å². The Morgan fingerprint density at radius 1 is 1.25 bits per heavy atom. The van der Waals surface area contributed by atoms with Crippen molar-refractivity contribution in [2.45, 2.75) is 31.4 Å². The van der Waals surface area contributed by atoms with Gasteiger partial charge in [-0.2, -0.15) is 0 Å². The Kier molecular flexibility index (Phi) is 5.92. The van der Waals surface area contributed by atoms with Gasteiger partial charge in [0, 0.05) is 17.7 Å². The molecule has 0 atom stereocenters. The van der Waals surface area contributed by atoms with Crippen molar-refractivity contribution in [3.63, 3.8) is 0 Å². The maximum Gasteiger partial charge on any atom is 0.230 e. The van der Waals surface area contributed by atoms with Gasteiger partial charge in [0.1, 0.15) is 0 Å². The van der Waals surface area contributed by atoms with E-state index in [4.69, 9.17) is 0 Å². The highest BCUT2D eigenvalue weighted by Crippen LogP contribution is 2.36. The number of benzene rings is 1. The van der Waals surface area contributed by atoms with E-state index in [-0.39, 0.29) is 17.9 Å². The highest BCUT2D eigenvalue weighted by atomic mass is 32.2. The molecule has 0 saturated heterocycles. The number of thioether (sulfide) groups is 1. The molecule has 1 saturated carbocycles. The third kappa shape index (κ3) is 4.53. The van der Waals surface area contributed by atoms with Gasteiger partial charge in [-0.3, -0.25) is 4.79 Å². The van der Waals surface area contributed by atoms with E-state index in [9.17, 15) is 9.90 Å². The zero-order valence-electron chi connectivity index (χ0n) is 11.8. The van der Waals surface area contributed by atoms with Gasteiger partial charge in [-0.1, -0.05) is 43.2 Å². The Labute approximate surface area is 125 Å². The third-order valence-corrected chi connectivity index (χ3v) is 5.01. The first kappa shape index (κ1) is 15.4. The van der Waals surface area contributed by atoms with Gasteiger partial charge in [-0.25, -0.2) is 0 Å². The molecule has 0 unspecified atom stereocenters. The zero-order chi connectivity index (χ0) is 14.3. The molecule has 1 amide bonds. The summed E-state index contributed by atoms with van der Waals surface area (Å²) in [4.78, 5) is 11.8. The second-order valence-electron chi connectivity index (χ2n) is 5.62. The summed E-state index contributed by atoms with van der Waals surface area (Å²) >= 11 is 1.63. The van der Waals surface area contributed by atoms with Crippen molar-refractivity contribution in [1.29, 1.82) is 0 Å². The Morgan fingerprint density at radius 3 is 2.60 bits per heavy atom. The van der Waals surface area contributed by atoms with E-state index < -0.39 is 0 Å². The van der Waals surface area contributed by atoms with Crippen molar-refractivity contribution in [3.05, 3.63) is 35.9 Å². The molecule has 1 aromatic carbocycles. The fourth-order valence-electron chi connectivity index (χ4n) is 2.69. The molecule has 1 aliphatic rings. The molecule has 20 heavy (non-hydrogen) atoms. The minimum Gasteiger partial charge on any atom is -0.396 e. The van der Waals surface area contributed by atoms with Crippen molar-refractivity contribution in [3.8, 4) is 0 Å². The van der Waals surface area contributed by atoms with Crippen molar-refractivity contribution in [1.82, 2.24) is 5.32 Å². The van der Waals surface area contributed by atoms with Gasteiger partial charge in [-0.15, -0.1) is 11.8 Å². The molecule has 2 N–H and O–H groups in total. The molecule has 1 fully saturated rings. The molecule has 0 spiro atoms. The first-order valence-electron chi connectivity index (χ1n) is 7.23. The van der Waals surface area contributed by atoms with Gasteiger partial charge in [0.15, 0.2) is 0 Å². The van der Waals surface area contributed by atoms with Gasteiger partial charge >= 0.3 is 0 Å². The fourth-order valence-corrected chi connectivity index (χ4v) is 3.51. The molecule has 0 aliphatic heterocycles. The van der Waals surface area contributed by atoms with Crippen LogP contribution in [0.25, 0.3) is 0 Å². The molecular weight excluding hydrogens is 270 g/mol. The summed E-state index contributed by atoms with van der Waals surface area (Å²) in [5.41, 5.74) is 1.19. The molecule has 0 radical (unpaired) electrons. The lowest BCUT2D eigenvalue weighted by Crippen LogP contribution is -2.39. The normalized spacial score (nSPS) is 17.1.